The summed E-state index contributed by atoms with van der Waals surface area (Å²) in [5.74, 6) is 0.664. The van der Waals surface area contributed by atoms with Crippen molar-refractivity contribution in [3.05, 3.63) is 60.2 Å². The van der Waals surface area contributed by atoms with Crippen molar-refractivity contribution >= 4 is 10.0 Å². The smallest absolute Gasteiger partial charge is 0.243 e. The van der Waals surface area contributed by atoms with Gasteiger partial charge in [-0.25, -0.2) is 8.42 Å². The lowest BCUT2D eigenvalue weighted by Crippen LogP contribution is -2.47. The van der Waals surface area contributed by atoms with Crippen LogP contribution in [0.2, 0.25) is 0 Å². The second kappa shape index (κ2) is 8.20. The highest BCUT2D eigenvalue weighted by Gasteiger charge is 2.30. The topological polar surface area (TPSA) is 49.9 Å². The molecule has 26 heavy (non-hydrogen) atoms. The Hall–Kier alpha value is -1.89. The maximum absolute atomic E-state index is 12.9. The van der Waals surface area contributed by atoms with Gasteiger partial charge in [0.25, 0.3) is 0 Å². The van der Waals surface area contributed by atoms with E-state index in [2.05, 4.69) is 4.90 Å². The molecule has 0 aromatic heterocycles. The van der Waals surface area contributed by atoms with E-state index in [1.807, 2.05) is 44.4 Å². The zero-order valence-corrected chi connectivity index (χ0v) is 16.2. The summed E-state index contributed by atoms with van der Waals surface area (Å²) in [5.41, 5.74) is 1.08. The molecule has 1 aliphatic rings. The maximum atomic E-state index is 12.9. The Labute approximate surface area is 156 Å². The minimum Gasteiger partial charge on any atom is -0.489 e. The predicted octanol–water partition coefficient (Wildman–Crippen LogP) is 2.98. The zero-order chi connectivity index (χ0) is 18.6. The standard InChI is InChI=1S/C20H26N2O3S/c1-21(2)18-9-6-14-22(15-18)26(23,24)20-12-10-19(11-13-20)25-16-17-7-4-3-5-8-17/h3-5,7-8,10-13,18H,6,9,14-16H2,1-2H3. The highest BCUT2D eigenvalue weighted by atomic mass is 32.2. The number of nitrogens with zero attached hydrogens (tertiary/aromatic N) is 2. The van der Waals surface area contributed by atoms with Crippen molar-refractivity contribution in [1.82, 2.24) is 9.21 Å². The first kappa shape index (κ1) is 18.9. The van der Waals surface area contributed by atoms with Gasteiger partial charge in [-0.15, -0.1) is 0 Å². The molecule has 6 heteroatoms. The molecule has 3 rings (SSSR count). The number of hydrogen-bond donors (Lipinski definition) is 0. The lowest BCUT2D eigenvalue weighted by molar-refractivity contribution is 0.190. The molecule has 5 nitrogen and oxygen atoms in total. The van der Waals surface area contributed by atoms with Gasteiger partial charge in [-0.1, -0.05) is 30.3 Å². The van der Waals surface area contributed by atoms with Gasteiger partial charge in [0, 0.05) is 19.1 Å². The lowest BCUT2D eigenvalue weighted by Gasteiger charge is -2.35. The summed E-state index contributed by atoms with van der Waals surface area (Å²) in [6, 6.07) is 16.9. The Kier molecular flexibility index (Phi) is 5.96. The molecular weight excluding hydrogens is 348 g/mol. The summed E-state index contributed by atoms with van der Waals surface area (Å²) in [4.78, 5) is 2.42. The number of ether oxygens (including phenoxy) is 1. The van der Waals surface area contributed by atoms with Crippen LogP contribution in [0.4, 0.5) is 0 Å². The molecule has 2 aromatic carbocycles. The normalized spacial score (nSPS) is 18.8. The summed E-state index contributed by atoms with van der Waals surface area (Å²) >= 11 is 0. The third kappa shape index (κ3) is 4.44. The second-order valence-corrected chi connectivity index (χ2v) is 8.81. The van der Waals surface area contributed by atoms with Crippen LogP contribution >= 0.6 is 0 Å². The summed E-state index contributed by atoms with van der Waals surface area (Å²) in [5, 5.41) is 0. The molecule has 2 aromatic rings. The number of sulfonamides is 1. The van der Waals surface area contributed by atoms with Crippen molar-refractivity contribution in [3.63, 3.8) is 0 Å². The fourth-order valence-corrected chi connectivity index (χ4v) is 4.67. The van der Waals surface area contributed by atoms with Crippen LogP contribution in [-0.4, -0.2) is 50.8 Å². The van der Waals surface area contributed by atoms with Crippen LogP contribution in [0.3, 0.4) is 0 Å². The largest absolute Gasteiger partial charge is 0.489 e. The van der Waals surface area contributed by atoms with Crippen molar-refractivity contribution < 1.29 is 13.2 Å². The third-order valence-electron chi connectivity index (χ3n) is 4.80. The Morgan fingerprint density at radius 2 is 1.77 bits per heavy atom. The van der Waals surface area contributed by atoms with Crippen molar-refractivity contribution in [1.29, 1.82) is 0 Å². The number of likely N-dealkylation sites (N-methyl/N-ethyl adjacent to an activating group) is 1. The Balaban J connectivity index is 1.67. The molecule has 1 atom stereocenters. The molecule has 1 heterocycles. The predicted molar refractivity (Wildman–Crippen MR) is 103 cm³/mol. The average Bonchev–Trinajstić information content (AvgIpc) is 2.67. The minimum absolute atomic E-state index is 0.270. The van der Waals surface area contributed by atoms with Gasteiger partial charge in [-0.2, -0.15) is 4.31 Å². The van der Waals surface area contributed by atoms with Crippen LogP contribution in [0.1, 0.15) is 18.4 Å². The van der Waals surface area contributed by atoms with Crippen molar-refractivity contribution in [2.24, 2.45) is 0 Å². The number of piperidine rings is 1. The van der Waals surface area contributed by atoms with Crippen molar-refractivity contribution in [3.8, 4) is 5.75 Å². The molecule has 0 bridgehead atoms. The Morgan fingerprint density at radius 1 is 1.08 bits per heavy atom. The number of benzene rings is 2. The highest BCUT2D eigenvalue weighted by molar-refractivity contribution is 7.89. The van der Waals surface area contributed by atoms with E-state index in [1.54, 1.807) is 28.6 Å². The van der Waals surface area contributed by atoms with Crippen LogP contribution in [0.25, 0.3) is 0 Å². The summed E-state index contributed by atoms with van der Waals surface area (Å²) in [6.45, 7) is 1.59. The van der Waals surface area contributed by atoms with Crippen LogP contribution in [0.15, 0.2) is 59.5 Å². The molecule has 0 radical (unpaired) electrons. The maximum Gasteiger partial charge on any atom is 0.243 e. The summed E-state index contributed by atoms with van der Waals surface area (Å²) < 4.78 is 33.2. The molecule has 0 saturated carbocycles. The Bertz CT molecular complexity index is 805. The van der Waals surface area contributed by atoms with E-state index < -0.39 is 10.0 Å². The highest BCUT2D eigenvalue weighted by Crippen LogP contribution is 2.24. The van der Waals surface area contributed by atoms with E-state index in [0.717, 1.165) is 18.4 Å². The molecule has 1 unspecified atom stereocenters. The van der Waals surface area contributed by atoms with Crippen LogP contribution in [-0.2, 0) is 16.6 Å². The van der Waals surface area contributed by atoms with Gasteiger partial charge in [0.2, 0.25) is 10.0 Å². The van der Waals surface area contributed by atoms with Gasteiger partial charge < -0.3 is 9.64 Å². The van der Waals surface area contributed by atoms with E-state index in [-0.39, 0.29) is 6.04 Å². The summed E-state index contributed by atoms with van der Waals surface area (Å²) in [7, 11) is 0.538. The molecule has 0 N–H and O–H groups in total. The monoisotopic (exact) mass is 374 g/mol. The van der Waals surface area contributed by atoms with Gasteiger partial charge in [-0.05, 0) is 56.8 Å². The minimum atomic E-state index is -3.46. The average molecular weight is 375 g/mol. The van der Waals surface area contributed by atoms with E-state index in [9.17, 15) is 8.42 Å². The van der Waals surface area contributed by atoms with Gasteiger partial charge in [0.1, 0.15) is 12.4 Å². The first-order valence-electron chi connectivity index (χ1n) is 8.90. The molecule has 1 aliphatic heterocycles. The molecule has 140 valence electrons. The SMILES string of the molecule is CN(C)C1CCCN(S(=O)(=O)c2ccc(OCc3ccccc3)cc2)C1. The van der Waals surface area contributed by atoms with Crippen LogP contribution < -0.4 is 4.74 Å². The molecule has 0 amide bonds. The summed E-state index contributed by atoms with van der Waals surface area (Å²) in [6.07, 6.45) is 1.92. The quantitative estimate of drug-likeness (QED) is 0.780. The van der Waals surface area contributed by atoms with E-state index in [0.29, 0.717) is 30.3 Å². The van der Waals surface area contributed by atoms with E-state index in [1.165, 1.54) is 0 Å². The molecule has 1 saturated heterocycles. The lowest BCUT2D eigenvalue weighted by atomic mass is 10.1. The van der Waals surface area contributed by atoms with E-state index >= 15 is 0 Å². The first-order chi connectivity index (χ1) is 12.5. The van der Waals surface area contributed by atoms with Crippen LogP contribution in [0.5, 0.6) is 5.75 Å². The molecule has 1 fully saturated rings. The third-order valence-corrected chi connectivity index (χ3v) is 6.68. The fourth-order valence-electron chi connectivity index (χ4n) is 3.16. The number of hydrogen-bond acceptors (Lipinski definition) is 4. The van der Waals surface area contributed by atoms with Crippen molar-refractivity contribution in [2.45, 2.75) is 30.4 Å². The first-order valence-corrected chi connectivity index (χ1v) is 10.3. The van der Waals surface area contributed by atoms with Crippen LogP contribution in [0, 0.1) is 0 Å². The van der Waals surface area contributed by atoms with Crippen molar-refractivity contribution in [2.75, 3.05) is 27.2 Å². The molecular formula is C20H26N2O3S. The van der Waals surface area contributed by atoms with Gasteiger partial charge >= 0.3 is 0 Å². The number of rotatable bonds is 6. The van der Waals surface area contributed by atoms with Gasteiger partial charge in [0.05, 0.1) is 4.90 Å². The fraction of sp³-hybridized carbons (Fsp3) is 0.400. The molecule has 0 aliphatic carbocycles. The van der Waals surface area contributed by atoms with Gasteiger partial charge in [-0.3, -0.25) is 0 Å². The zero-order valence-electron chi connectivity index (χ0n) is 15.3. The Morgan fingerprint density at radius 3 is 2.42 bits per heavy atom. The van der Waals surface area contributed by atoms with Gasteiger partial charge in [0.15, 0.2) is 0 Å². The molecule has 0 spiro atoms. The van der Waals surface area contributed by atoms with E-state index in [4.69, 9.17) is 4.74 Å². The second-order valence-electron chi connectivity index (χ2n) is 6.87.